The van der Waals surface area contributed by atoms with E-state index in [-0.39, 0.29) is 14.9 Å². The van der Waals surface area contributed by atoms with Gasteiger partial charge in [-0.15, -0.1) is 0 Å². The van der Waals surface area contributed by atoms with Crippen molar-refractivity contribution in [3.63, 3.8) is 0 Å². The lowest BCUT2D eigenvalue weighted by Crippen LogP contribution is -2.26. The number of aliphatic carboxylic acids is 1. The third kappa shape index (κ3) is 4.01. The van der Waals surface area contributed by atoms with Crippen LogP contribution in [0.25, 0.3) is 0 Å². The number of anilines is 1. The van der Waals surface area contributed by atoms with Crippen molar-refractivity contribution in [3.8, 4) is 0 Å². The summed E-state index contributed by atoms with van der Waals surface area (Å²) in [6.45, 7) is 0.475. The molecule has 0 saturated carbocycles. The van der Waals surface area contributed by atoms with Crippen molar-refractivity contribution < 1.29 is 22.7 Å². The molecule has 1 aliphatic rings. The van der Waals surface area contributed by atoms with Gasteiger partial charge in [-0.1, -0.05) is 18.2 Å². The first-order valence-electron chi connectivity index (χ1n) is 8.75. The van der Waals surface area contributed by atoms with Crippen LogP contribution in [0.15, 0.2) is 41.3 Å². The van der Waals surface area contributed by atoms with Crippen molar-refractivity contribution in [3.05, 3.63) is 56.9 Å². The van der Waals surface area contributed by atoms with Gasteiger partial charge < -0.3 is 10.4 Å². The predicted octanol–water partition coefficient (Wildman–Crippen LogP) is 3.50. The Balaban J connectivity index is 2.06. The molecule has 0 aliphatic carbocycles. The Bertz CT molecular complexity index is 1010. The van der Waals surface area contributed by atoms with Crippen LogP contribution in [0, 0.1) is 9.39 Å². The summed E-state index contributed by atoms with van der Waals surface area (Å²) in [5.41, 5.74) is 1.61. The number of carboxylic acid groups (broad SMARTS) is 1. The molecule has 1 atom stereocenters. The van der Waals surface area contributed by atoms with Crippen LogP contribution in [0.2, 0.25) is 0 Å². The largest absolute Gasteiger partial charge is 0.481 e. The Morgan fingerprint density at radius 1 is 1.25 bits per heavy atom. The van der Waals surface area contributed by atoms with Crippen molar-refractivity contribution in [2.75, 3.05) is 17.9 Å². The summed E-state index contributed by atoms with van der Waals surface area (Å²) in [4.78, 5) is 10.7. The van der Waals surface area contributed by atoms with Gasteiger partial charge >= 0.3 is 5.97 Å². The number of benzene rings is 2. The van der Waals surface area contributed by atoms with Crippen molar-refractivity contribution in [1.29, 1.82) is 0 Å². The maximum Gasteiger partial charge on any atom is 0.303 e. The number of para-hydroxylation sites is 1. The molecule has 2 N–H and O–H groups in total. The summed E-state index contributed by atoms with van der Waals surface area (Å²) in [6, 6.07) is 9.23. The summed E-state index contributed by atoms with van der Waals surface area (Å²) in [6.07, 6.45) is 1.18. The first-order valence-corrected chi connectivity index (χ1v) is 11.3. The predicted molar refractivity (Wildman–Crippen MR) is 112 cm³/mol. The van der Waals surface area contributed by atoms with Crippen LogP contribution in [0.5, 0.6) is 0 Å². The molecule has 0 fully saturated rings. The fraction of sp³-hybridized carbons (Fsp3) is 0.316. The second-order valence-electron chi connectivity index (χ2n) is 6.57. The number of carboxylic acids is 1. The number of carbonyl (C=O) groups is 1. The molecule has 2 aromatic carbocycles. The number of nitrogens with one attached hydrogen (secondary N) is 1. The molecule has 1 unspecified atom stereocenters. The first kappa shape index (κ1) is 21.0. The highest BCUT2D eigenvalue weighted by Crippen LogP contribution is 2.40. The van der Waals surface area contributed by atoms with Gasteiger partial charge in [0.15, 0.2) is 0 Å². The van der Waals surface area contributed by atoms with E-state index >= 15 is 0 Å². The van der Waals surface area contributed by atoms with E-state index in [2.05, 4.69) is 5.32 Å². The molecule has 150 valence electrons. The number of hydrogen-bond donors (Lipinski definition) is 2. The molecular formula is C19H20FIN2O4S. The molecule has 3 rings (SSSR count). The highest BCUT2D eigenvalue weighted by Gasteiger charge is 2.35. The Morgan fingerprint density at radius 3 is 2.68 bits per heavy atom. The molecule has 1 aliphatic heterocycles. The monoisotopic (exact) mass is 518 g/mol. The van der Waals surface area contributed by atoms with Gasteiger partial charge in [0.2, 0.25) is 0 Å². The Kier molecular flexibility index (Phi) is 6.25. The second kappa shape index (κ2) is 8.34. The minimum atomic E-state index is -3.85. The van der Waals surface area contributed by atoms with Gasteiger partial charge in [-0.3, -0.25) is 9.10 Å². The molecule has 2 aromatic rings. The van der Waals surface area contributed by atoms with Gasteiger partial charge in [-0.2, -0.15) is 0 Å². The van der Waals surface area contributed by atoms with Crippen LogP contribution in [0.4, 0.5) is 10.1 Å². The van der Waals surface area contributed by atoms with Crippen LogP contribution < -0.4 is 9.62 Å². The number of nitrogens with zero attached hydrogens (tertiary/aromatic N) is 1. The zero-order valence-electron chi connectivity index (χ0n) is 15.2. The van der Waals surface area contributed by atoms with Gasteiger partial charge in [0, 0.05) is 13.5 Å². The van der Waals surface area contributed by atoms with Gasteiger partial charge in [-0.25, -0.2) is 12.8 Å². The SMILES string of the molecule is CN1c2ccccc2C(NCCCCC(=O)O)c2cc(F)c(I)cc2S1(=O)=O. The molecule has 0 saturated heterocycles. The van der Waals surface area contributed by atoms with Gasteiger partial charge in [0.05, 0.1) is 20.2 Å². The summed E-state index contributed by atoms with van der Waals surface area (Å²) in [5, 5.41) is 12.1. The minimum Gasteiger partial charge on any atom is -0.481 e. The van der Waals surface area contributed by atoms with Gasteiger partial charge in [0.25, 0.3) is 10.0 Å². The molecule has 0 radical (unpaired) electrons. The summed E-state index contributed by atoms with van der Waals surface area (Å²) in [7, 11) is -2.36. The summed E-state index contributed by atoms with van der Waals surface area (Å²) >= 11 is 1.79. The smallest absolute Gasteiger partial charge is 0.303 e. The van der Waals surface area contributed by atoms with Gasteiger partial charge in [0.1, 0.15) is 5.82 Å². The number of fused-ring (bicyclic) bond motifs is 2. The average molecular weight is 518 g/mol. The standard InChI is InChI=1S/C19H20FIN2O4S/c1-23-16-7-3-2-6-12(16)19(22-9-5-4-8-18(24)25)13-10-14(20)15(21)11-17(13)28(23,26)27/h2-3,6-7,10-11,19,22H,4-5,8-9H2,1H3,(H,24,25). The first-order chi connectivity index (χ1) is 13.2. The van der Waals surface area contributed by atoms with Crippen LogP contribution in [-0.4, -0.2) is 33.1 Å². The zero-order chi connectivity index (χ0) is 20.5. The van der Waals surface area contributed by atoms with E-state index < -0.39 is 27.9 Å². The Morgan fingerprint density at radius 2 is 1.96 bits per heavy atom. The van der Waals surface area contributed by atoms with E-state index in [1.165, 1.54) is 23.5 Å². The normalized spacial score (nSPS) is 17.5. The maximum atomic E-state index is 14.4. The van der Waals surface area contributed by atoms with E-state index in [1.807, 2.05) is 12.1 Å². The number of sulfonamides is 1. The maximum absolute atomic E-state index is 14.4. The lowest BCUT2D eigenvalue weighted by Gasteiger charge is -2.22. The van der Waals surface area contributed by atoms with E-state index in [0.717, 1.165) is 5.56 Å². The molecule has 0 aromatic heterocycles. The third-order valence-electron chi connectivity index (χ3n) is 4.76. The lowest BCUT2D eigenvalue weighted by molar-refractivity contribution is -0.137. The molecular weight excluding hydrogens is 498 g/mol. The number of halogens is 2. The molecule has 0 spiro atoms. The second-order valence-corrected chi connectivity index (χ2v) is 9.67. The van der Waals surface area contributed by atoms with E-state index in [1.54, 1.807) is 34.7 Å². The molecule has 28 heavy (non-hydrogen) atoms. The Labute approximate surface area is 176 Å². The highest BCUT2D eigenvalue weighted by atomic mass is 127. The quantitative estimate of drug-likeness (QED) is 0.452. The van der Waals surface area contributed by atoms with Crippen molar-refractivity contribution >= 4 is 44.3 Å². The fourth-order valence-electron chi connectivity index (χ4n) is 3.32. The minimum absolute atomic E-state index is 0.0695. The lowest BCUT2D eigenvalue weighted by atomic mass is 9.96. The van der Waals surface area contributed by atoms with E-state index in [9.17, 15) is 17.6 Å². The van der Waals surface area contributed by atoms with Crippen LogP contribution in [0.1, 0.15) is 36.4 Å². The number of hydrogen-bond acceptors (Lipinski definition) is 4. The van der Waals surface area contributed by atoms with Crippen molar-refractivity contribution in [2.45, 2.75) is 30.2 Å². The van der Waals surface area contributed by atoms with E-state index in [0.29, 0.717) is 30.6 Å². The van der Waals surface area contributed by atoms with Crippen LogP contribution in [0.3, 0.4) is 0 Å². The third-order valence-corrected chi connectivity index (χ3v) is 7.41. The average Bonchev–Trinajstić information content (AvgIpc) is 2.71. The number of unbranched alkanes of at least 4 members (excludes halogenated alkanes) is 1. The summed E-state index contributed by atoms with van der Waals surface area (Å²) in [5.74, 6) is -1.33. The van der Waals surface area contributed by atoms with E-state index in [4.69, 9.17) is 5.11 Å². The summed E-state index contributed by atoms with van der Waals surface area (Å²) < 4.78 is 42.1. The van der Waals surface area contributed by atoms with Crippen molar-refractivity contribution in [1.82, 2.24) is 5.32 Å². The molecule has 0 amide bonds. The number of rotatable bonds is 6. The van der Waals surface area contributed by atoms with Crippen LogP contribution in [-0.2, 0) is 14.8 Å². The zero-order valence-corrected chi connectivity index (χ0v) is 18.1. The molecule has 1 heterocycles. The molecule has 0 bridgehead atoms. The fourth-order valence-corrected chi connectivity index (χ4v) is 5.46. The van der Waals surface area contributed by atoms with Crippen LogP contribution >= 0.6 is 22.6 Å². The van der Waals surface area contributed by atoms with Gasteiger partial charge in [-0.05, 0) is 71.3 Å². The highest BCUT2D eigenvalue weighted by molar-refractivity contribution is 14.1. The molecule has 6 nitrogen and oxygen atoms in total. The molecule has 9 heteroatoms. The topological polar surface area (TPSA) is 86.7 Å². The van der Waals surface area contributed by atoms with Crippen molar-refractivity contribution in [2.24, 2.45) is 0 Å². The Hall–Kier alpha value is -1.72.